The van der Waals surface area contributed by atoms with Crippen molar-refractivity contribution in [1.82, 2.24) is 4.98 Å². The number of nitrogens with zero attached hydrogens (tertiary/aromatic N) is 2. The first-order chi connectivity index (χ1) is 8.95. The van der Waals surface area contributed by atoms with Gasteiger partial charge >= 0.3 is 18.1 Å². The van der Waals surface area contributed by atoms with Crippen LogP contribution in [0.25, 0.3) is 0 Å². The summed E-state index contributed by atoms with van der Waals surface area (Å²) in [7, 11) is -3.77. The van der Waals surface area contributed by atoms with Crippen molar-refractivity contribution in [3.05, 3.63) is 16.2 Å². The molecule has 0 atom stereocenters. The summed E-state index contributed by atoms with van der Waals surface area (Å²) in [6.45, 7) is 0. The largest absolute Gasteiger partial charge is 0.575 e. The molecule has 1 aromatic rings. The van der Waals surface area contributed by atoms with Gasteiger partial charge in [-0.3, -0.25) is 0 Å². The Labute approximate surface area is 109 Å². The zero-order valence-corrected chi connectivity index (χ0v) is 10.4. The van der Waals surface area contributed by atoms with Crippen LogP contribution < -0.4 is 14.6 Å². The molecule has 0 saturated carbocycles. The van der Waals surface area contributed by atoms with E-state index < -0.39 is 43.7 Å². The number of methoxy groups -OCH3 is 1. The lowest BCUT2D eigenvalue weighted by Crippen LogP contribution is -2.20. The third kappa shape index (κ3) is 3.67. The Morgan fingerprint density at radius 1 is 1.45 bits per heavy atom. The van der Waals surface area contributed by atoms with Crippen molar-refractivity contribution >= 4 is 15.8 Å². The van der Waals surface area contributed by atoms with Gasteiger partial charge in [0.15, 0.2) is 5.75 Å². The number of rotatable bonds is 4. The normalized spacial score (nSPS) is 12.1. The summed E-state index contributed by atoms with van der Waals surface area (Å²) in [5.74, 6) is -3.49. The molecule has 1 aromatic heterocycles. The fraction of sp³-hybridized carbons (Fsp3) is 0.286. The second-order valence-electron chi connectivity index (χ2n) is 3.17. The minimum Gasteiger partial charge on any atom is -0.495 e. The van der Waals surface area contributed by atoms with Gasteiger partial charge in [0.05, 0.1) is 13.2 Å². The van der Waals surface area contributed by atoms with E-state index in [-0.39, 0.29) is 0 Å². The number of nitro groups is 1. The SMILES string of the molecule is COc1cc(OC(F)(F)F)nc([N+](=O)[O-])c1S(N)(=O)=O. The Bertz CT molecular complexity index is 644. The summed E-state index contributed by atoms with van der Waals surface area (Å²) >= 11 is 0. The predicted octanol–water partition coefficient (Wildman–Crippen LogP) is 0.544. The van der Waals surface area contributed by atoms with Crippen molar-refractivity contribution in [3.8, 4) is 11.6 Å². The number of nitrogens with two attached hydrogens (primary N) is 1. The van der Waals surface area contributed by atoms with E-state index >= 15 is 0 Å². The highest BCUT2D eigenvalue weighted by molar-refractivity contribution is 7.89. The first-order valence-corrected chi connectivity index (χ1v) is 6.02. The third-order valence-corrected chi connectivity index (χ3v) is 2.75. The molecule has 0 fully saturated rings. The van der Waals surface area contributed by atoms with Gasteiger partial charge in [-0.25, -0.2) is 13.6 Å². The van der Waals surface area contributed by atoms with E-state index in [1.165, 1.54) is 0 Å². The molecule has 0 radical (unpaired) electrons. The molecular formula is C7H6F3N3O6S. The van der Waals surface area contributed by atoms with Gasteiger partial charge in [-0.1, -0.05) is 0 Å². The molecule has 20 heavy (non-hydrogen) atoms. The highest BCUT2D eigenvalue weighted by Crippen LogP contribution is 2.35. The maximum atomic E-state index is 12.0. The summed E-state index contributed by atoms with van der Waals surface area (Å²) in [6, 6.07) is 0.417. The van der Waals surface area contributed by atoms with Crippen LogP contribution in [0.2, 0.25) is 0 Å². The molecule has 0 aliphatic rings. The van der Waals surface area contributed by atoms with Crippen LogP contribution in [-0.2, 0) is 10.0 Å². The number of alkyl halides is 3. The Kier molecular flexibility index (Phi) is 4.04. The van der Waals surface area contributed by atoms with E-state index in [4.69, 9.17) is 5.14 Å². The second kappa shape index (κ2) is 5.09. The second-order valence-corrected chi connectivity index (χ2v) is 4.66. The third-order valence-electron chi connectivity index (χ3n) is 1.80. The fourth-order valence-electron chi connectivity index (χ4n) is 1.19. The summed E-state index contributed by atoms with van der Waals surface area (Å²) < 4.78 is 66.4. The average Bonchev–Trinajstić information content (AvgIpc) is 2.23. The Morgan fingerprint density at radius 2 is 2.00 bits per heavy atom. The first-order valence-electron chi connectivity index (χ1n) is 4.47. The molecule has 0 saturated heterocycles. The minimum absolute atomic E-state index is 0.417. The Balaban J connectivity index is 3.60. The Morgan fingerprint density at radius 3 is 2.35 bits per heavy atom. The number of hydrogen-bond donors (Lipinski definition) is 1. The van der Waals surface area contributed by atoms with Crippen molar-refractivity contribution < 1.29 is 36.0 Å². The Hall–Kier alpha value is -2.15. The zero-order chi connectivity index (χ0) is 15.7. The number of sulfonamides is 1. The quantitative estimate of drug-likeness (QED) is 0.632. The van der Waals surface area contributed by atoms with E-state index in [9.17, 15) is 31.7 Å². The molecule has 1 heterocycles. The van der Waals surface area contributed by atoms with E-state index in [0.717, 1.165) is 7.11 Å². The van der Waals surface area contributed by atoms with Crippen LogP contribution in [0, 0.1) is 10.1 Å². The summed E-state index contributed by atoms with van der Waals surface area (Å²) in [5, 5.41) is 15.4. The van der Waals surface area contributed by atoms with E-state index in [0.29, 0.717) is 6.07 Å². The average molecular weight is 317 g/mol. The van der Waals surface area contributed by atoms with Crippen LogP contribution in [0.1, 0.15) is 0 Å². The van der Waals surface area contributed by atoms with Gasteiger partial charge in [0.1, 0.15) is 0 Å². The van der Waals surface area contributed by atoms with Crippen molar-refractivity contribution in [3.63, 3.8) is 0 Å². The number of primary sulfonamides is 1. The first kappa shape index (κ1) is 15.9. The van der Waals surface area contributed by atoms with E-state index in [1.54, 1.807) is 0 Å². The van der Waals surface area contributed by atoms with Crippen LogP contribution >= 0.6 is 0 Å². The molecule has 0 amide bonds. The van der Waals surface area contributed by atoms with Crippen LogP contribution in [0.4, 0.5) is 19.0 Å². The molecule has 0 bridgehead atoms. The lowest BCUT2D eigenvalue weighted by molar-refractivity contribution is -0.393. The number of aromatic nitrogens is 1. The van der Waals surface area contributed by atoms with Crippen molar-refractivity contribution in [2.24, 2.45) is 5.14 Å². The van der Waals surface area contributed by atoms with Gasteiger partial charge in [-0.05, 0) is 4.92 Å². The molecule has 0 aromatic carbocycles. The lowest BCUT2D eigenvalue weighted by atomic mass is 10.4. The minimum atomic E-state index is -5.17. The van der Waals surface area contributed by atoms with Gasteiger partial charge in [0.25, 0.3) is 0 Å². The van der Waals surface area contributed by atoms with Crippen molar-refractivity contribution in [2.75, 3.05) is 7.11 Å². The van der Waals surface area contributed by atoms with Crippen molar-refractivity contribution in [1.29, 1.82) is 0 Å². The lowest BCUT2D eigenvalue weighted by Gasteiger charge is -2.09. The highest BCUT2D eigenvalue weighted by Gasteiger charge is 2.37. The number of halogens is 3. The molecule has 112 valence electrons. The monoisotopic (exact) mass is 317 g/mol. The molecular weight excluding hydrogens is 311 g/mol. The smallest absolute Gasteiger partial charge is 0.495 e. The number of hydrogen-bond acceptors (Lipinski definition) is 7. The van der Waals surface area contributed by atoms with Crippen LogP contribution in [0.3, 0.4) is 0 Å². The fourth-order valence-corrected chi connectivity index (χ4v) is 1.99. The van der Waals surface area contributed by atoms with Gasteiger partial charge in [0.2, 0.25) is 14.9 Å². The molecule has 9 nitrogen and oxygen atoms in total. The van der Waals surface area contributed by atoms with Crippen LogP contribution in [-0.4, -0.2) is 31.8 Å². The maximum Gasteiger partial charge on any atom is 0.575 e. The standard InChI is InChI=1S/C7H6F3N3O6S/c1-18-3-2-4(19-7(8,9)10)12-6(13(14)15)5(3)20(11,16)17/h2H,1H3,(H2,11,16,17). The summed E-state index contributed by atoms with van der Waals surface area (Å²) in [4.78, 5) is 11.1. The maximum absolute atomic E-state index is 12.0. The van der Waals surface area contributed by atoms with Crippen molar-refractivity contribution in [2.45, 2.75) is 11.3 Å². The number of ether oxygens (including phenoxy) is 2. The summed E-state index contributed by atoms with van der Waals surface area (Å²) in [5.41, 5.74) is 0. The van der Waals surface area contributed by atoms with Gasteiger partial charge in [-0.2, -0.15) is 0 Å². The molecule has 13 heteroatoms. The topological polar surface area (TPSA) is 135 Å². The molecule has 0 spiro atoms. The number of pyridine rings is 1. The predicted molar refractivity (Wildman–Crippen MR) is 55.5 cm³/mol. The molecule has 2 N–H and O–H groups in total. The summed E-state index contributed by atoms with van der Waals surface area (Å²) in [6.07, 6.45) is -5.17. The molecule has 0 unspecified atom stereocenters. The van der Waals surface area contributed by atoms with Crippen LogP contribution in [0.5, 0.6) is 11.6 Å². The molecule has 0 aliphatic carbocycles. The van der Waals surface area contributed by atoms with Gasteiger partial charge in [-0.15, -0.1) is 13.2 Å². The van der Waals surface area contributed by atoms with Gasteiger partial charge < -0.3 is 19.6 Å². The molecule has 0 aliphatic heterocycles. The zero-order valence-electron chi connectivity index (χ0n) is 9.54. The van der Waals surface area contributed by atoms with E-state index in [1.807, 2.05) is 0 Å². The highest BCUT2D eigenvalue weighted by atomic mass is 32.2. The van der Waals surface area contributed by atoms with Crippen LogP contribution in [0.15, 0.2) is 11.0 Å². The van der Waals surface area contributed by atoms with E-state index in [2.05, 4.69) is 14.5 Å². The molecule has 1 rings (SSSR count). The van der Waals surface area contributed by atoms with Gasteiger partial charge in [0, 0.05) is 4.98 Å².